The molecule has 1 aliphatic carbocycles. The lowest BCUT2D eigenvalue weighted by Crippen LogP contribution is -2.49. The smallest absolute Gasteiger partial charge is 0.310 e. The largest absolute Gasteiger partial charge is 0.497 e. The first kappa shape index (κ1) is 22.8. The summed E-state index contributed by atoms with van der Waals surface area (Å²) in [6, 6.07) is 8.37. The van der Waals surface area contributed by atoms with Crippen LogP contribution in [0.2, 0.25) is 0 Å². The summed E-state index contributed by atoms with van der Waals surface area (Å²) in [5, 5.41) is 3.55. The Morgan fingerprint density at radius 3 is 2.61 bits per heavy atom. The Morgan fingerprint density at radius 1 is 1.32 bits per heavy atom. The van der Waals surface area contributed by atoms with Gasteiger partial charge in [0.2, 0.25) is 0 Å². The fraction of sp³-hybridized carbons (Fsp3) is 0.619. The number of halogens is 1. The Morgan fingerprint density at radius 2 is 2.04 bits per heavy atom. The molecule has 6 nitrogen and oxygen atoms in total. The normalized spacial score (nSPS) is 20.8. The Balaban J connectivity index is 0.00000280. The number of methoxy groups -OCH3 is 1. The summed E-state index contributed by atoms with van der Waals surface area (Å²) in [6.07, 6.45) is 4.22. The molecule has 0 spiro atoms. The van der Waals surface area contributed by atoms with E-state index in [-0.39, 0.29) is 41.3 Å². The molecule has 1 saturated heterocycles. The van der Waals surface area contributed by atoms with Gasteiger partial charge >= 0.3 is 5.97 Å². The number of ether oxygens (including phenoxy) is 2. The second-order valence-electron chi connectivity index (χ2n) is 7.45. The minimum Gasteiger partial charge on any atom is -0.497 e. The van der Waals surface area contributed by atoms with Crippen molar-refractivity contribution in [1.29, 1.82) is 0 Å². The first-order valence-electron chi connectivity index (χ1n) is 9.88. The van der Waals surface area contributed by atoms with E-state index >= 15 is 0 Å². The highest BCUT2D eigenvalue weighted by atomic mass is 127. The number of hydrogen-bond donors (Lipinski definition) is 1. The molecule has 2 aliphatic rings. The molecular weight excluding hydrogens is 469 g/mol. The van der Waals surface area contributed by atoms with Gasteiger partial charge in [-0.15, -0.1) is 24.0 Å². The van der Waals surface area contributed by atoms with Gasteiger partial charge < -0.3 is 19.7 Å². The van der Waals surface area contributed by atoms with Crippen LogP contribution in [-0.2, 0) is 14.9 Å². The number of carbonyl (C=O) groups is 1. The summed E-state index contributed by atoms with van der Waals surface area (Å²) in [4.78, 5) is 18.8. The number of aliphatic imine (C=N–C) groups is 1. The zero-order valence-electron chi connectivity index (χ0n) is 17.1. The molecule has 1 heterocycles. The molecule has 1 saturated carbocycles. The molecule has 3 rings (SSSR count). The summed E-state index contributed by atoms with van der Waals surface area (Å²) in [6.45, 7) is 4.74. The minimum absolute atomic E-state index is 0. The Hall–Kier alpha value is -1.51. The van der Waals surface area contributed by atoms with Crippen molar-refractivity contribution in [1.82, 2.24) is 10.2 Å². The van der Waals surface area contributed by atoms with E-state index in [0.29, 0.717) is 13.2 Å². The van der Waals surface area contributed by atoms with Crippen LogP contribution in [0.25, 0.3) is 0 Å². The number of carbonyl (C=O) groups excluding carboxylic acids is 1. The molecule has 0 aromatic heterocycles. The van der Waals surface area contributed by atoms with Crippen LogP contribution < -0.4 is 10.1 Å². The summed E-state index contributed by atoms with van der Waals surface area (Å²) in [7, 11) is 3.50. The van der Waals surface area contributed by atoms with Crippen LogP contribution in [0.5, 0.6) is 5.75 Å². The van der Waals surface area contributed by atoms with Crippen LogP contribution in [0.3, 0.4) is 0 Å². The predicted molar refractivity (Wildman–Crippen MR) is 122 cm³/mol. The molecular formula is C21H32IN3O3. The average Bonchev–Trinajstić information content (AvgIpc) is 3.50. The lowest BCUT2D eigenvalue weighted by molar-refractivity contribution is -0.149. The zero-order chi connectivity index (χ0) is 19.3. The van der Waals surface area contributed by atoms with Gasteiger partial charge in [0, 0.05) is 32.1 Å². The summed E-state index contributed by atoms with van der Waals surface area (Å²) < 4.78 is 10.5. The van der Waals surface area contributed by atoms with Gasteiger partial charge in [0.25, 0.3) is 0 Å². The van der Waals surface area contributed by atoms with Gasteiger partial charge in [0.15, 0.2) is 5.96 Å². The highest BCUT2D eigenvalue weighted by molar-refractivity contribution is 14.0. The van der Waals surface area contributed by atoms with E-state index in [1.165, 1.54) is 18.4 Å². The Labute approximate surface area is 185 Å². The quantitative estimate of drug-likeness (QED) is 0.281. The van der Waals surface area contributed by atoms with Crippen LogP contribution in [0.1, 0.15) is 38.2 Å². The lowest BCUT2D eigenvalue weighted by atomic mass is 9.95. The van der Waals surface area contributed by atoms with E-state index in [4.69, 9.17) is 9.47 Å². The van der Waals surface area contributed by atoms with Crippen LogP contribution in [0.15, 0.2) is 29.3 Å². The third-order valence-corrected chi connectivity index (χ3v) is 5.69. The highest BCUT2D eigenvalue weighted by Gasteiger charge is 2.44. The van der Waals surface area contributed by atoms with Crippen molar-refractivity contribution in [2.75, 3.05) is 40.4 Å². The predicted octanol–water partition coefficient (Wildman–Crippen LogP) is 3.20. The maximum absolute atomic E-state index is 12.1. The lowest BCUT2D eigenvalue weighted by Gasteiger charge is -2.34. The number of guanidine groups is 1. The fourth-order valence-corrected chi connectivity index (χ4v) is 3.87. The van der Waals surface area contributed by atoms with Gasteiger partial charge in [0.1, 0.15) is 5.75 Å². The van der Waals surface area contributed by atoms with Crippen molar-refractivity contribution in [3.63, 3.8) is 0 Å². The molecule has 0 bridgehead atoms. The van der Waals surface area contributed by atoms with Gasteiger partial charge in [-0.3, -0.25) is 9.79 Å². The second kappa shape index (κ2) is 10.3. The van der Waals surface area contributed by atoms with Gasteiger partial charge in [0.05, 0.1) is 19.6 Å². The first-order valence-corrected chi connectivity index (χ1v) is 9.88. The van der Waals surface area contributed by atoms with Crippen LogP contribution in [-0.4, -0.2) is 57.2 Å². The van der Waals surface area contributed by atoms with Crippen molar-refractivity contribution in [3.8, 4) is 5.75 Å². The van der Waals surface area contributed by atoms with Crippen molar-refractivity contribution in [2.45, 2.75) is 38.0 Å². The van der Waals surface area contributed by atoms with E-state index in [2.05, 4.69) is 27.3 Å². The standard InChI is InChI=1S/C21H31N3O3.HI/c1-4-27-19(25)16-6-5-13-24(14-16)20(22-2)23-15-21(11-12-21)17-7-9-18(26-3)10-8-17;/h7-10,16H,4-6,11-15H2,1-3H3,(H,22,23);1H/t16-;/m1./s1. The van der Waals surface area contributed by atoms with E-state index < -0.39 is 0 Å². The van der Waals surface area contributed by atoms with Crippen LogP contribution in [0.4, 0.5) is 0 Å². The molecule has 1 N–H and O–H groups in total. The Kier molecular flexibility index (Phi) is 8.39. The number of likely N-dealkylation sites (tertiary alicyclic amines) is 1. The number of rotatable bonds is 6. The molecule has 1 atom stereocenters. The SMILES string of the molecule is CCOC(=O)[C@@H]1CCCN(C(=NC)NCC2(c3ccc(OC)cc3)CC2)C1.I. The van der Waals surface area contributed by atoms with Crippen LogP contribution >= 0.6 is 24.0 Å². The summed E-state index contributed by atoms with van der Waals surface area (Å²) >= 11 is 0. The van der Waals surface area contributed by atoms with Gasteiger partial charge in [-0.05, 0) is 50.3 Å². The molecule has 0 unspecified atom stereocenters. The number of piperidine rings is 1. The number of nitrogens with zero attached hydrogens (tertiary/aromatic N) is 2. The third-order valence-electron chi connectivity index (χ3n) is 5.69. The number of hydrogen-bond acceptors (Lipinski definition) is 4. The molecule has 1 aromatic rings. The molecule has 1 aliphatic heterocycles. The number of benzene rings is 1. The molecule has 1 aromatic carbocycles. The van der Waals surface area contributed by atoms with Crippen LogP contribution in [0, 0.1) is 5.92 Å². The molecule has 28 heavy (non-hydrogen) atoms. The van der Waals surface area contributed by atoms with Crippen molar-refractivity contribution in [2.24, 2.45) is 10.9 Å². The topological polar surface area (TPSA) is 63.2 Å². The first-order chi connectivity index (χ1) is 13.1. The summed E-state index contributed by atoms with van der Waals surface area (Å²) in [5.41, 5.74) is 1.52. The third kappa shape index (κ3) is 5.30. The van der Waals surface area contributed by atoms with E-state index in [9.17, 15) is 4.79 Å². The zero-order valence-corrected chi connectivity index (χ0v) is 19.4. The van der Waals surface area contributed by atoms with Crippen molar-refractivity contribution >= 4 is 35.9 Å². The summed E-state index contributed by atoms with van der Waals surface area (Å²) in [5.74, 6) is 1.61. The van der Waals surface area contributed by atoms with Crippen molar-refractivity contribution < 1.29 is 14.3 Å². The second-order valence-corrected chi connectivity index (χ2v) is 7.45. The minimum atomic E-state index is -0.0884. The average molecular weight is 501 g/mol. The molecule has 0 radical (unpaired) electrons. The van der Waals surface area contributed by atoms with Gasteiger partial charge in [-0.2, -0.15) is 0 Å². The number of nitrogens with one attached hydrogen (secondary N) is 1. The van der Waals surface area contributed by atoms with E-state index in [0.717, 1.165) is 37.6 Å². The van der Waals surface area contributed by atoms with Gasteiger partial charge in [-0.1, -0.05) is 12.1 Å². The van der Waals surface area contributed by atoms with Crippen molar-refractivity contribution in [3.05, 3.63) is 29.8 Å². The maximum atomic E-state index is 12.1. The fourth-order valence-electron chi connectivity index (χ4n) is 3.87. The van der Waals surface area contributed by atoms with E-state index in [1.54, 1.807) is 7.11 Å². The monoisotopic (exact) mass is 501 g/mol. The maximum Gasteiger partial charge on any atom is 0.310 e. The van der Waals surface area contributed by atoms with Gasteiger partial charge in [-0.25, -0.2) is 0 Å². The molecule has 2 fully saturated rings. The molecule has 156 valence electrons. The number of esters is 1. The molecule has 7 heteroatoms. The highest BCUT2D eigenvalue weighted by Crippen LogP contribution is 2.47. The molecule has 0 amide bonds. The van der Waals surface area contributed by atoms with E-state index in [1.807, 2.05) is 26.1 Å². The Bertz CT molecular complexity index is 674.